The van der Waals surface area contributed by atoms with Crippen molar-refractivity contribution in [3.63, 3.8) is 0 Å². The standard InChI is InChI=1S/C48H40N2/c1-3-17-37(18-4-1)49(43-23-11-15-33-13-7-9-21-39(33)43)45-31-27-35-26-30-42-46(32-28-36-25-29-41(45)47(35)48(36)42)50(38-19-5-2-6-20-38)44-24-12-16-34-14-8-10-22-40(34)44/h1-6,11-12,15-20,23-32H,7-10,13-14,21-22H2. The Labute approximate surface area is 294 Å². The van der Waals surface area contributed by atoms with Gasteiger partial charge in [-0.05, 0) is 144 Å². The molecular weight excluding hydrogens is 605 g/mol. The summed E-state index contributed by atoms with van der Waals surface area (Å²) in [7, 11) is 0. The fraction of sp³-hybridized carbons (Fsp3) is 0.167. The number of anilines is 6. The fourth-order valence-corrected chi connectivity index (χ4v) is 9.07. The Bertz CT molecular complexity index is 2320. The van der Waals surface area contributed by atoms with Gasteiger partial charge in [0, 0.05) is 33.5 Å². The second-order valence-corrected chi connectivity index (χ2v) is 14.2. The monoisotopic (exact) mass is 644 g/mol. The van der Waals surface area contributed by atoms with Gasteiger partial charge in [0.05, 0.1) is 11.4 Å². The molecule has 0 saturated carbocycles. The zero-order valence-electron chi connectivity index (χ0n) is 28.4. The number of fused-ring (bicyclic) bond motifs is 2. The number of aryl methyl sites for hydroxylation is 2. The first kappa shape index (κ1) is 29.3. The number of benzene rings is 8. The normalized spacial score (nSPS) is 14.2. The van der Waals surface area contributed by atoms with E-state index in [1.165, 1.54) is 114 Å². The Morgan fingerprint density at radius 1 is 0.320 bits per heavy atom. The van der Waals surface area contributed by atoms with Crippen LogP contribution in [-0.2, 0) is 25.7 Å². The molecule has 2 heteroatoms. The molecule has 2 aliphatic carbocycles. The van der Waals surface area contributed by atoms with E-state index in [2.05, 4.69) is 155 Å². The quantitative estimate of drug-likeness (QED) is 0.166. The predicted octanol–water partition coefficient (Wildman–Crippen LogP) is 13.3. The van der Waals surface area contributed by atoms with Crippen LogP contribution in [0.2, 0.25) is 0 Å². The van der Waals surface area contributed by atoms with Gasteiger partial charge in [-0.3, -0.25) is 0 Å². The minimum absolute atomic E-state index is 1.13. The van der Waals surface area contributed by atoms with Crippen LogP contribution in [-0.4, -0.2) is 0 Å². The van der Waals surface area contributed by atoms with E-state index < -0.39 is 0 Å². The molecule has 0 spiro atoms. The Morgan fingerprint density at radius 3 is 1.20 bits per heavy atom. The molecule has 2 aliphatic rings. The second-order valence-electron chi connectivity index (χ2n) is 14.2. The van der Waals surface area contributed by atoms with Crippen LogP contribution in [0.25, 0.3) is 32.3 Å². The molecule has 0 radical (unpaired) electrons. The maximum absolute atomic E-state index is 2.53. The molecule has 8 aromatic rings. The summed E-state index contributed by atoms with van der Waals surface area (Å²) in [6.07, 6.45) is 9.62. The summed E-state index contributed by atoms with van der Waals surface area (Å²) in [5, 5.41) is 7.83. The molecule has 0 N–H and O–H groups in total. The fourth-order valence-electron chi connectivity index (χ4n) is 9.07. The van der Waals surface area contributed by atoms with Crippen molar-refractivity contribution < 1.29 is 0 Å². The number of hydrogen-bond acceptors (Lipinski definition) is 2. The highest BCUT2D eigenvalue weighted by molar-refractivity contribution is 6.28. The van der Waals surface area contributed by atoms with E-state index in [1.54, 1.807) is 0 Å². The number of nitrogens with zero attached hydrogens (tertiary/aromatic N) is 2. The maximum Gasteiger partial charge on any atom is 0.0540 e. The Morgan fingerprint density at radius 2 is 0.740 bits per heavy atom. The van der Waals surface area contributed by atoms with Crippen molar-refractivity contribution in [1.29, 1.82) is 0 Å². The van der Waals surface area contributed by atoms with E-state index in [0.29, 0.717) is 0 Å². The molecule has 0 bridgehead atoms. The van der Waals surface area contributed by atoms with Gasteiger partial charge in [0.15, 0.2) is 0 Å². The lowest BCUT2D eigenvalue weighted by Crippen LogP contribution is -2.16. The first-order chi connectivity index (χ1) is 24.8. The smallest absolute Gasteiger partial charge is 0.0540 e. The van der Waals surface area contributed by atoms with E-state index in [0.717, 1.165) is 25.7 Å². The third kappa shape index (κ3) is 4.70. The molecule has 0 heterocycles. The summed E-state index contributed by atoms with van der Waals surface area (Å²) < 4.78 is 0. The van der Waals surface area contributed by atoms with Crippen LogP contribution >= 0.6 is 0 Å². The topological polar surface area (TPSA) is 6.48 Å². The lowest BCUT2D eigenvalue weighted by atomic mass is 9.88. The summed E-state index contributed by atoms with van der Waals surface area (Å²) in [5.41, 5.74) is 13.5. The number of para-hydroxylation sites is 2. The average Bonchev–Trinajstić information content (AvgIpc) is 3.19. The predicted molar refractivity (Wildman–Crippen MR) is 213 cm³/mol. The zero-order chi connectivity index (χ0) is 33.0. The van der Waals surface area contributed by atoms with Gasteiger partial charge in [-0.15, -0.1) is 0 Å². The molecule has 0 aromatic heterocycles. The van der Waals surface area contributed by atoms with Crippen molar-refractivity contribution in [2.75, 3.05) is 9.80 Å². The highest BCUT2D eigenvalue weighted by Gasteiger charge is 2.25. The minimum Gasteiger partial charge on any atom is -0.310 e. The summed E-state index contributed by atoms with van der Waals surface area (Å²) in [5.74, 6) is 0. The van der Waals surface area contributed by atoms with E-state index in [-0.39, 0.29) is 0 Å². The average molecular weight is 645 g/mol. The molecule has 50 heavy (non-hydrogen) atoms. The van der Waals surface area contributed by atoms with Gasteiger partial charge in [0.2, 0.25) is 0 Å². The molecule has 8 aromatic carbocycles. The SMILES string of the molecule is c1ccc(N(c2cccc3c2CCCC3)c2ccc3ccc4c(N(c5ccccc5)c5cccc6c5CCCC6)ccc5ccc2c3c54)cc1. The highest BCUT2D eigenvalue weighted by Crippen LogP contribution is 2.49. The van der Waals surface area contributed by atoms with Gasteiger partial charge < -0.3 is 9.80 Å². The largest absolute Gasteiger partial charge is 0.310 e. The Kier molecular flexibility index (Phi) is 7.08. The van der Waals surface area contributed by atoms with Gasteiger partial charge in [-0.2, -0.15) is 0 Å². The van der Waals surface area contributed by atoms with Gasteiger partial charge in [0.1, 0.15) is 0 Å². The molecule has 2 nitrogen and oxygen atoms in total. The van der Waals surface area contributed by atoms with Crippen molar-refractivity contribution in [2.24, 2.45) is 0 Å². The van der Waals surface area contributed by atoms with E-state index >= 15 is 0 Å². The molecule has 10 rings (SSSR count). The summed E-state index contributed by atoms with van der Waals surface area (Å²) in [6, 6.07) is 54.7. The second kappa shape index (κ2) is 12.1. The van der Waals surface area contributed by atoms with Crippen molar-refractivity contribution in [2.45, 2.75) is 51.4 Å². The third-order valence-corrected chi connectivity index (χ3v) is 11.4. The zero-order valence-corrected chi connectivity index (χ0v) is 28.4. The molecular formula is C48H40N2. The lowest BCUT2D eigenvalue weighted by Gasteiger charge is -2.32. The van der Waals surface area contributed by atoms with Crippen LogP contribution in [0, 0.1) is 0 Å². The molecule has 0 aliphatic heterocycles. The lowest BCUT2D eigenvalue weighted by molar-refractivity contribution is 0.686. The molecule has 0 unspecified atom stereocenters. The number of hydrogen-bond donors (Lipinski definition) is 0. The van der Waals surface area contributed by atoms with E-state index in [9.17, 15) is 0 Å². The van der Waals surface area contributed by atoms with E-state index in [4.69, 9.17) is 0 Å². The molecule has 0 saturated heterocycles. The molecule has 0 atom stereocenters. The van der Waals surface area contributed by atoms with Crippen molar-refractivity contribution in [3.8, 4) is 0 Å². The van der Waals surface area contributed by atoms with Crippen molar-refractivity contribution in [3.05, 3.63) is 168 Å². The molecule has 242 valence electrons. The molecule has 0 fully saturated rings. The maximum atomic E-state index is 2.53. The van der Waals surface area contributed by atoms with Gasteiger partial charge in [-0.25, -0.2) is 0 Å². The van der Waals surface area contributed by atoms with Crippen LogP contribution in [0.1, 0.15) is 47.9 Å². The summed E-state index contributed by atoms with van der Waals surface area (Å²) in [6.45, 7) is 0. The van der Waals surface area contributed by atoms with Crippen LogP contribution in [0.4, 0.5) is 34.1 Å². The number of rotatable bonds is 6. The van der Waals surface area contributed by atoms with Crippen LogP contribution < -0.4 is 9.80 Å². The summed E-state index contributed by atoms with van der Waals surface area (Å²) in [4.78, 5) is 5.06. The first-order valence-electron chi connectivity index (χ1n) is 18.5. The van der Waals surface area contributed by atoms with Crippen molar-refractivity contribution >= 4 is 66.4 Å². The Balaban J connectivity index is 1.24. The van der Waals surface area contributed by atoms with E-state index in [1.807, 2.05) is 0 Å². The van der Waals surface area contributed by atoms with Gasteiger partial charge >= 0.3 is 0 Å². The first-order valence-corrected chi connectivity index (χ1v) is 18.5. The third-order valence-electron chi connectivity index (χ3n) is 11.4. The Hall–Kier alpha value is -5.60. The minimum atomic E-state index is 1.13. The van der Waals surface area contributed by atoms with Crippen LogP contribution in [0.15, 0.2) is 146 Å². The highest BCUT2D eigenvalue weighted by atomic mass is 15.2. The van der Waals surface area contributed by atoms with Crippen molar-refractivity contribution in [1.82, 2.24) is 0 Å². The van der Waals surface area contributed by atoms with Crippen LogP contribution in [0.3, 0.4) is 0 Å². The summed E-state index contributed by atoms with van der Waals surface area (Å²) >= 11 is 0. The van der Waals surface area contributed by atoms with Crippen LogP contribution in [0.5, 0.6) is 0 Å². The molecule has 0 amide bonds. The van der Waals surface area contributed by atoms with Gasteiger partial charge in [-0.1, -0.05) is 97.1 Å². The van der Waals surface area contributed by atoms with Gasteiger partial charge in [0.25, 0.3) is 0 Å².